The van der Waals surface area contributed by atoms with Crippen LogP contribution in [0.4, 0.5) is 4.79 Å². The maximum absolute atomic E-state index is 13.3. The van der Waals surface area contributed by atoms with E-state index < -0.39 is 11.6 Å². The number of halogens is 1. The second-order valence-electron chi connectivity index (χ2n) is 7.18. The van der Waals surface area contributed by atoms with Crippen molar-refractivity contribution in [2.24, 2.45) is 0 Å². The third kappa shape index (κ3) is 3.32. The predicted octanol–water partition coefficient (Wildman–Crippen LogP) is 3.19. The first-order chi connectivity index (χ1) is 14.4. The van der Waals surface area contributed by atoms with Crippen molar-refractivity contribution in [2.45, 2.75) is 25.6 Å². The Morgan fingerprint density at radius 3 is 2.67 bits per heavy atom. The van der Waals surface area contributed by atoms with E-state index in [0.29, 0.717) is 40.0 Å². The maximum Gasteiger partial charge on any atom is 0.325 e. The van der Waals surface area contributed by atoms with Gasteiger partial charge < -0.3 is 24.3 Å². The molecule has 1 fully saturated rings. The van der Waals surface area contributed by atoms with Gasteiger partial charge in [-0.25, -0.2) is 4.79 Å². The van der Waals surface area contributed by atoms with Crippen LogP contribution >= 0.6 is 11.6 Å². The molecule has 0 radical (unpaired) electrons. The fraction of sp³-hybridized carbons (Fsp3) is 0.333. The molecule has 4 rings (SSSR count). The van der Waals surface area contributed by atoms with Crippen LogP contribution in [-0.2, 0) is 28.2 Å². The van der Waals surface area contributed by atoms with Gasteiger partial charge in [0.25, 0.3) is 5.91 Å². The average Bonchev–Trinajstić information content (AvgIpc) is 2.97. The third-order valence-corrected chi connectivity index (χ3v) is 5.53. The van der Waals surface area contributed by atoms with Crippen molar-refractivity contribution >= 4 is 23.5 Å². The average molecular weight is 433 g/mol. The van der Waals surface area contributed by atoms with E-state index in [0.717, 1.165) is 10.5 Å². The Bertz CT molecular complexity index is 1030. The largest absolute Gasteiger partial charge is 0.493 e. The standard InChI is InChI=1S/C21H21ClN2O6/c1-21(14-4-5-16(27-2)17(8-14)28-3)19(25)24(20(26)23-21)9-12-6-15(22)7-13-10-29-11-30-18(12)13/h4-8H,9-11H2,1-3H3,(H,23,26)/t21-/m0/s1. The molecular weight excluding hydrogens is 412 g/mol. The Labute approximate surface area is 178 Å². The molecular formula is C21H21ClN2O6. The summed E-state index contributed by atoms with van der Waals surface area (Å²) in [5, 5.41) is 3.27. The first-order valence-electron chi connectivity index (χ1n) is 9.26. The Kier molecular flexibility index (Phi) is 5.21. The van der Waals surface area contributed by atoms with E-state index in [1.54, 1.807) is 37.3 Å². The highest BCUT2D eigenvalue weighted by Crippen LogP contribution is 2.37. The molecule has 1 saturated heterocycles. The molecule has 0 spiro atoms. The smallest absolute Gasteiger partial charge is 0.325 e. The van der Waals surface area contributed by atoms with Crippen LogP contribution in [0, 0.1) is 0 Å². The first kappa shape index (κ1) is 20.3. The fourth-order valence-electron chi connectivity index (χ4n) is 3.73. The minimum absolute atomic E-state index is 0.0242. The van der Waals surface area contributed by atoms with Crippen LogP contribution in [0.25, 0.3) is 0 Å². The third-order valence-electron chi connectivity index (χ3n) is 5.32. The normalized spacial score (nSPS) is 20.5. The lowest BCUT2D eigenvalue weighted by Crippen LogP contribution is -2.40. The number of urea groups is 1. The lowest BCUT2D eigenvalue weighted by atomic mass is 9.91. The van der Waals surface area contributed by atoms with Crippen molar-refractivity contribution in [3.8, 4) is 17.2 Å². The molecule has 2 heterocycles. The van der Waals surface area contributed by atoms with E-state index >= 15 is 0 Å². The van der Waals surface area contributed by atoms with Crippen LogP contribution in [0.15, 0.2) is 30.3 Å². The number of imide groups is 1. The Morgan fingerprint density at radius 1 is 1.17 bits per heavy atom. The first-order valence-corrected chi connectivity index (χ1v) is 9.63. The molecule has 1 atom stereocenters. The number of nitrogens with zero attached hydrogens (tertiary/aromatic N) is 1. The summed E-state index contributed by atoms with van der Waals surface area (Å²) >= 11 is 6.21. The van der Waals surface area contributed by atoms with Crippen molar-refractivity contribution in [1.82, 2.24) is 10.2 Å². The van der Waals surface area contributed by atoms with Crippen molar-refractivity contribution in [3.63, 3.8) is 0 Å². The number of carbonyl (C=O) groups is 2. The molecule has 30 heavy (non-hydrogen) atoms. The Balaban J connectivity index is 1.66. The van der Waals surface area contributed by atoms with Crippen molar-refractivity contribution in [3.05, 3.63) is 52.0 Å². The van der Waals surface area contributed by atoms with E-state index in [1.807, 2.05) is 0 Å². The molecule has 8 nitrogen and oxygen atoms in total. The van der Waals surface area contributed by atoms with E-state index in [-0.39, 0.29) is 19.2 Å². The lowest BCUT2D eigenvalue weighted by Gasteiger charge is -2.25. The Hall–Kier alpha value is -2.97. The lowest BCUT2D eigenvalue weighted by molar-refractivity contribution is -0.131. The zero-order valence-electron chi connectivity index (χ0n) is 16.8. The van der Waals surface area contributed by atoms with Gasteiger partial charge in [-0.3, -0.25) is 9.69 Å². The molecule has 0 aromatic heterocycles. The molecule has 9 heteroatoms. The van der Waals surface area contributed by atoms with Gasteiger partial charge in [0.15, 0.2) is 18.3 Å². The van der Waals surface area contributed by atoms with Gasteiger partial charge in [-0.15, -0.1) is 0 Å². The van der Waals surface area contributed by atoms with E-state index in [2.05, 4.69) is 5.32 Å². The number of nitrogens with one attached hydrogen (secondary N) is 1. The maximum atomic E-state index is 13.3. The summed E-state index contributed by atoms with van der Waals surface area (Å²) in [7, 11) is 3.04. The number of fused-ring (bicyclic) bond motifs is 1. The van der Waals surface area contributed by atoms with Crippen molar-refractivity contribution in [2.75, 3.05) is 21.0 Å². The molecule has 2 aromatic rings. The summed E-state index contributed by atoms with van der Waals surface area (Å²) in [6.45, 7) is 2.14. The van der Waals surface area contributed by atoms with Gasteiger partial charge in [-0.1, -0.05) is 17.7 Å². The predicted molar refractivity (Wildman–Crippen MR) is 108 cm³/mol. The topological polar surface area (TPSA) is 86.3 Å². The zero-order chi connectivity index (χ0) is 21.5. The minimum atomic E-state index is -1.25. The number of benzene rings is 2. The molecule has 1 N–H and O–H groups in total. The molecule has 0 aliphatic carbocycles. The Morgan fingerprint density at radius 2 is 1.93 bits per heavy atom. The van der Waals surface area contributed by atoms with Gasteiger partial charge in [0, 0.05) is 16.1 Å². The summed E-state index contributed by atoms with van der Waals surface area (Å²) in [6, 6.07) is 8.05. The number of hydrogen-bond donors (Lipinski definition) is 1. The van der Waals surface area contributed by atoms with Crippen LogP contribution in [0.1, 0.15) is 23.6 Å². The summed E-state index contributed by atoms with van der Waals surface area (Å²) in [4.78, 5) is 27.2. The number of hydrogen-bond acceptors (Lipinski definition) is 6. The van der Waals surface area contributed by atoms with Crippen LogP contribution < -0.4 is 19.5 Å². The van der Waals surface area contributed by atoms with E-state index in [1.165, 1.54) is 14.2 Å². The molecule has 0 saturated carbocycles. The number of carbonyl (C=O) groups excluding carboxylic acids is 2. The number of amides is 3. The van der Waals surface area contributed by atoms with Crippen molar-refractivity contribution < 1.29 is 28.5 Å². The number of ether oxygens (including phenoxy) is 4. The van der Waals surface area contributed by atoms with Crippen LogP contribution in [0.5, 0.6) is 17.2 Å². The summed E-state index contributed by atoms with van der Waals surface area (Å²) in [6.07, 6.45) is 0. The second-order valence-corrected chi connectivity index (χ2v) is 7.62. The molecule has 2 aliphatic heterocycles. The van der Waals surface area contributed by atoms with Gasteiger partial charge >= 0.3 is 6.03 Å². The summed E-state index contributed by atoms with van der Waals surface area (Å²) in [5.74, 6) is 1.20. The summed E-state index contributed by atoms with van der Waals surface area (Å²) < 4.78 is 21.5. The highest BCUT2D eigenvalue weighted by Gasteiger charge is 2.49. The van der Waals surface area contributed by atoms with Gasteiger partial charge in [0.05, 0.1) is 27.4 Å². The monoisotopic (exact) mass is 432 g/mol. The number of rotatable bonds is 5. The molecule has 158 valence electrons. The van der Waals surface area contributed by atoms with Crippen LogP contribution in [0.3, 0.4) is 0 Å². The minimum Gasteiger partial charge on any atom is -0.493 e. The molecule has 2 aliphatic rings. The molecule has 2 aromatic carbocycles. The number of methoxy groups -OCH3 is 2. The van der Waals surface area contributed by atoms with Crippen LogP contribution in [0.2, 0.25) is 5.02 Å². The van der Waals surface area contributed by atoms with Gasteiger partial charge in [0.2, 0.25) is 0 Å². The van der Waals surface area contributed by atoms with E-state index in [9.17, 15) is 9.59 Å². The van der Waals surface area contributed by atoms with Crippen molar-refractivity contribution in [1.29, 1.82) is 0 Å². The van der Waals surface area contributed by atoms with E-state index in [4.69, 9.17) is 30.5 Å². The van der Waals surface area contributed by atoms with Gasteiger partial charge in [-0.05, 0) is 36.8 Å². The highest BCUT2D eigenvalue weighted by molar-refractivity contribution is 6.30. The fourth-order valence-corrected chi connectivity index (χ4v) is 3.99. The summed E-state index contributed by atoms with van der Waals surface area (Å²) in [5.41, 5.74) is 0.747. The quantitative estimate of drug-likeness (QED) is 0.730. The zero-order valence-corrected chi connectivity index (χ0v) is 17.5. The van der Waals surface area contributed by atoms with Gasteiger partial charge in [-0.2, -0.15) is 0 Å². The second kappa shape index (κ2) is 7.70. The van der Waals surface area contributed by atoms with Crippen LogP contribution in [-0.4, -0.2) is 37.9 Å². The molecule has 0 unspecified atom stereocenters. The molecule has 3 amide bonds. The SMILES string of the molecule is COc1ccc([C@]2(C)NC(=O)N(Cc3cc(Cl)cc4c3OCOC4)C2=O)cc1OC. The van der Waals surface area contributed by atoms with Gasteiger partial charge in [0.1, 0.15) is 11.3 Å². The highest BCUT2D eigenvalue weighted by atomic mass is 35.5. The molecule has 0 bridgehead atoms.